The number of amides is 1. The second-order valence-electron chi connectivity index (χ2n) is 5.11. The molecule has 1 heterocycles. The van der Waals surface area contributed by atoms with Gasteiger partial charge in [0.25, 0.3) is 5.91 Å². The van der Waals surface area contributed by atoms with E-state index in [-0.39, 0.29) is 47.4 Å². The van der Waals surface area contributed by atoms with Crippen molar-refractivity contribution in [3.8, 4) is 17.8 Å². The summed E-state index contributed by atoms with van der Waals surface area (Å²) in [6, 6.07) is 3.77. The molecule has 0 aliphatic rings. The van der Waals surface area contributed by atoms with E-state index in [1.165, 1.54) is 39.5 Å². The van der Waals surface area contributed by atoms with E-state index in [1.807, 2.05) is 0 Å². The number of aromatic nitrogens is 3. The Labute approximate surface area is 161 Å². The minimum atomic E-state index is -4.15. The summed E-state index contributed by atoms with van der Waals surface area (Å²) in [4.78, 5) is 23.9. The van der Waals surface area contributed by atoms with E-state index in [1.54, 1.807) is 0 Å². The number of para-hydroxylation sites is 1. The summed E-state index contributed by atoms with van der Waals surface area (Å²) in [5, 5.41) is 7.63. The molecule has 0 radical (unpaired) electrons. The first-order valence-corrected chi connectivity index (χ1v) is 9.27. The van der Waals surface area contributed by atoms with Crippen molar-refractivity contribution in [3.63, 3.8) is 0 Å². The van der Waals surface area contributed by atoms with Gasteiger partial charge in [0.05, 0.1) is 26.4 Å². The number of primary sulfonamides is 1. The van der Waals surface area contributed by atoms with Crippen molar-refractivity contribution in [2.75, 3.05) is 39.9 Å². The third-order valence-electron chi connectivity index (χ3n) is 3.25. The smallest absolute Gasteiger partial charge is 0.324 e. The molecule has 1 amide bonds. The lowest BCUT2D eigenvalue weighted by Gasteiger charge is -2.14. The summed E-state index contributed by atoms with van der Waals surface area (Å²) in [6.45, 7) is 0.165. The van der Waals surface area contributed by atoms with Crippen molar-refractivity contribution < 1.29 is 32.2 Å². The van der Waals surface area contributed by atoms with Gasteiger partial charge in [-0.25, -0.2) is 13.6 Å². The number of benzene rings is 1. The van der Waals surface area contributed by atoms with E-state index in [2.05, 4.69) is 20.3 Å². The maximum atomic E-state index is 12.7. The standard InChI is InChI=1S/C15H19N5O7S/c1-24-7-8-27-11-9(5-4-6-10(11)28(16,22)23)12(21)17-13-18-14(25-2)20-15(19-13)26-3/h4-6H,7-8H2,1-3H3,(H2,16,22,23)(H,17,18,19,20,21). The molecule has 0 atom stereocenters. The minimum absolute atomic E-state index is 0.00326. The van der Waals surface area contributed by atoms with E-state index < -0.39 is 15.9 Å². The number of nitrogens with two attached hydrogens (primary N) is 1. The topological polar surface area (TPSA) is 165 Å². The fraction of sp³-hybridized carbons (Fsp3) is 0.333. The number of anilines is 1. The lowest BCUT2D eigenvalue weighted by atomic mass is 10.2. The second kappa shape index (κ2) is 9.25. The van der Waals surface area contributed by atoms with Crippen LogP contribution in [0.5, 0.6) is 17.8 Å². The zero-order valence-electron chi connectivity index (χ0n) is 15.3. The second-order valence-corrected chi connectivity index (χ2v) is 6.64. The zero-order valence-corrected chi connectivity index (χ0v) is 16.1. The quantitative estimate of drug-likeness (QED) is 0.526. The van der Waals surface area contributed by atoms with Crippen molar-refractivity contribution in [2.24, 2.45) is 5.14 Å². The van der Waals surface area contributed by atoms with Crippen LogP contribution in [0.15, 0.2) is 23.1 Å². The number of sulfonamides is 1. The Bertz CT molecular complexity index is 930. The number of hydrogen-bond donors (Lipinski definition) is 2. The lowest BCUT2D eigenvalue weighted by molar-refractivity contribution is 0.101. The highest BCUT2D eigenvalue weighted by atomic mass is 32.2. The summed E-state index contributed by atoms with van der Waals surface area (Å²) in [6.07, 6.45) is 0. The summed E-state index contributed by atoms with van der Waals surface area (Å²) in [7, 11) is -0.0373. The average molecular weight is 413 g/mol. The van der Waals surface area contributed by atoms with Gasteiger partial charge in [-0.3, -0.25) is 10.1 Å². The van der Waals surface area contributed by atoms with Gasteiger partial charge >= 0.3 is 12.0 Å². The maximum absolute atomic E-state index is 12.7. The predicted molar refractivity (Wildman–Crippen MR) is 96.1 cm³/mol. The Morgan fingerprint density at radius 1 is 1.07 bits per heavy atom. The third-order valence-corrected chi connectivity index (χ3v) is 4.18. The van der Waals surface area contributed by atoms with Crippen LogP contribution in [-0.2, 0) is 14.8 Å². The van der Waals surface area contributed by atoms with Gasteiger partial charge in [0.15, 0.2) is 5.75 Å². The van der Waals surface area contributed by atoms with Crippen LogP contribution >= 0.6 is 0 Å². The average Bonchev–Trinajstić information content (AvgIpc) is 2.66. The number of carbonyl (C=O) groups excluding carboxylic acids is 1. The highest BCUT2D eigenvalue weighted by Crippen LogP contribution is 2.28. The van der Waals surface area contributed by atoms with Crippen LogP contribution in [0.1, 0.15) is 10.4 Å². The number of nitrogens with zero attached hydrogens (tertiary/aromatic N) is 3. The van der Waals surface area contributed by atoms with Crippen molar-refractivity contribution in [3.05, 3.63) is 23.8 Å². The Hall–Kier alpha value is -3.03. The molecule has 28 heavy (non-hydrogen) atoms. The molecule has 0 saturated heterocycles. The summed E-state index contributed by atoms with van der Waals surface area (Å²) in [5.41, 5.74) is -0.0963. The Morgan fingerprint density at radius 2 is 1.71 bits per heavy atom. The largest absolute Gasteiger partial charge is 0.489 e. The zero-order chi connectivity index (χ0) is 20.7. The van der Waals surface area contributed by atoms with Crippen molar-refractivity contribution in [1.82, 2.24) is 15.0 Å². The first kappa shape index (κ1) is 21.3. The van der Waals surface area contributed by atoms with E-state index >= 15 is 0 Å². The molecule has 0 fully saturated rings. The van der Waals surface area contributed by atoms with Crippen LogP contribution in [0.2, 0.25) is 0 Å². The molecule has 2 rings (SSSR count). The molecule has 0 saturated carbocycles. The molecule has 1 aromatic carbocycles. The van der Waals surface area contributed by atoms with E-state index in [9.17, 15) is 13.2 Å². The maximum Gasteiger partial charge on any atom is 0.324 e. The van der Waals surface area contributed by atoms with Gasteiger partial charge in [-0.15, -0.1) is 4.98 Å². The van der Waals surface area contributed by atoms with Crippen molar-refractivity contribution >= 4 is 21.9 Å². The highest BCUT2D eigenvalue weighted by molar-refractivity contribution is 7.89. The molecule has 0 aliphatic heterocycles. The normalized spacial score (nSPS) is 11.0. The van der Waals surface area contributed by atoms with Gasteiger partial charge in [-0.05, 0) is 12.1 Å². The summed E-state index contributed by atoms with van der Waals surface area (Å²) < 4.78 is 43.8. The number of nitrogens with one attached hydrogen (secondary N) is 1. The van der Waals surface area contributed by atoms with Crippen LogP contribution in [0.4, 0.5) is 5.95 Å². The molecule has 1 aromatic heterocycles. The number of carbonyl (C=O) groups is 1. The SMILES string of the molecule is COCCOc1c(C(=O)Nc2nc(OC)nc(OC)n2)cccc1S(N)(=O)=O. The van der Waals surface area contributed by atoms with Crippen LogP contribution < -0.4 is 24.7 Å². The van der Waals surface area contributed by atoms with Gasteiger partial charge in [-0.2, -0.15) is 9.97 Å². The molecule has 13 heteroatoms. The van der Waals surface area contributed by atoms with E-state index in [4.69, 9.17) is 24.1 Å². The molecule has 0 spiro atoms. The number of rotatable bonds is 9. The van der Waals surface area contributed by atoms with Crippen LogP contribution in [0.3, 0.4) is 0 Å². The molecular weight excluding hydrogens is 394 g/mol. The first-order valence-electron chi connectivity index (χ1n) is 7.73. The molecule has 0 bridgehead atoms. The Kier molecular flexibility index (Phi) is 7.03. The number of ether oxygens (including phenoxy) is 4. The first-order chi connectivity index (χ1) is 13.3. The summed E-state index contributed by atoms with van der Waals surface area (Å²) in [5.74, 6) is -1.13. The van der Waals surface area contributed by atoms with E-state index in [0.717, 1.165) is 0 Å². The monoisotopic (exact) mass is 413 g/mol. The molecule has 0 aliphatic carbocycles. The number of methoxy groups -OCH3 is 3. The fourth-order valence-corrected chi connectivity index (χ4v) is 2.74. The van der Waals surface area contributed by atoms with Gasteiger partial charge in [0, 0.05) is 7.11 Å². The third kappa shape index (κ3) is 5.25. The minimum Gasteiger partial charge on any atom is -0.489 e. The Balaban J connectivity index is 2.42. The molecule has 2 aromatic rings. The molecule has 3 N–H and O–H groups in total. The highest BCUT2D eigenvalue weighted by Gasteiger charge is 2.23. The van der Waals surface area contributed by atoms with Crippen molar-refractivity contribution in [1.29, 1.82) is 0 Å². The molecule has 12 nitrogen and oxygen atoms in total. The number of hydrogen-bond acceptors (Lipinski definition) is 10. The molecule has 152 valence electrons. The molecule has 0 unspecified atom stereocenters. The van der Waals surface area contributed by atoms with Crippen LogP contribution in [0, 0.1) is 0 Å². The van der Waals surface area contributed by atoms with Gasteiger partial charge in [0.1, 0.15) is 11.5 Å². The van der Waals surface area contributed by atoms with Gasteiger partial charge in [-0.1, -0.05) is 6.07 Å². The predicted octanol–water partition coefficient (Wildman–Crippen LogP) is -0.186. The molecular formula is C15H19N5O7S. The van der Waals surface area contributed by atoms with Crippen molar-refractivity contribution in [2.45, 2.75) is 4.90 Å². The van der Waals surface area contributed by atoms with Crippen LogP contribution in [-0.4, -0.2) is 63.8 Å². The Morgan fingerprint density at radius 3 is 2.25 bits per heavy atom. The van der Waals surface area contributed by atoms with Gasteiger partial charge in [0.2, 0.25) is 16.0 Å². The lowest BCUT2D eigenvalue weighted by Crippen LogP contribution is -2.20. The van der Waals surface area contributed by atoms with Crippen LogP contribution in [0.25, 0.3) is 0 Å². The summed E-state index contributed by atoms with van der Waals surface area (Å²) >= 11 is 0. The van der Waals surface area contributed by atoms with Gasteiger partial charge < -0.3 is 18.9 Å². The van der Waals surface area contributed by atoms with E-state index in [0.29, 0.717) is 0 Å². The fourth-order valence-electron chi connectivity index (χ4n) is 2.04.